The summed E-state index contributed by atoms with van der Waals surface area (Å²) >= 11 is 0. The summed E-state index contributed by atoms with van der Waals surface area (Å²) in [6.45, 7) is 21.9. The van der Waals surface area contributed by atoms with Gasteiger partial charge in [0, 0.05) is 71.6 Å². The Bertz CT molecular complexity index is 5030. The SMILES string of the molecule is Cc1ccc(C2(c3ccccc3)C=Cc3c(C(C)C)cc4ccccc4c3O2)cc1.Cc1ccc(C2(c3ccccc3)C=Cc3c(CO)cc4c(C)c(C)ccc4c3O2)cc1.[C-]#[N+]COc1c(C(=O)OC)c2c(c3ccccc13)OC(c1ccccc1)(c1ccc(C)cc1)C=C2. The molecule has 0 bridgehead atoms. The smallest absolute Gasteiger partial charge is 0.357 e. The van der Waals surface area contributed by atoms with Crippen LogP contribution in [0.15, 0.2) is 255 Å². The summed E-state index contributed by atoms with van der Waals surface area (Å²) in [5, 5.41) is 16.2. The Morgan fingerprint density at radius 2 is 0.875 bits per heavy atom. The van der Waals surface area contributed by atoms with Crippen molar-refractivity contribution in [1.82, 2.24) is 0 Å². The van der Waals surface area contributed by atoms with Crippen molar-refractivity contribution in [2.75, 3.05) is 13.8 Å². The lowest BCUT2D eigenvalue weighted by atomic mass is 9.81. The number of hydrogen-bond donors (Lipinski definition) is 1. The number of carbonyl (C=O) groups excluding carboxylic acids is 1. The molecule has 8 nitrogen and oxygen atoms in total. The van der Waals surface area contributed by atoms with Gasteiger partial charge in [-0.25, -0.2) is 11.4 Å². The van der Waals surface area contributed by atoms with E-state index in [2.05, 4.69) is 234 Å². The lowest BCUT2D eigenvalue weighted by Gasteiger charge is -2.37. The number of aryl methyl sites for hydroxylation is 5. The van der Waals surface area contributed by atoms with E-state index in [-0.39, 0.29) is 18.9 Å². The number of methoxy groups -OCH3 is 1. The van der Waals surface area contributed by atoms with E-state index in [0.717, 1.165) is 83.1 Å². The van der Waals surface area contributed by atoms with Gasteiger partial charge in [-0.2, -0.15) is 0 Å². The van der Waals surface area contributed by atoms with Crippen LogP contribution in [0.5, 0.6) is 23.0 Å². The Morgan fingerprint density at radius 1 is 0.469 bits per heavy atom. The van der Waals surface area contributed by atoms with Crippen molar-refractivity contribution < 1.29 is 33.6 Å². The van der Waals surface area contributed by atoms with Crippen LogP contribution in [0.3, 0.4) is 0 Å². The zero-order valence-corrected chi connectivity index (χ0v) is 55.3. The number of nitrogens with zero attached hydrogens (tertiary/aromatic N) is 1. The largest absolute Gasteiger partial charge is 0.472 e. The quantitative estimate of drug-likeness (QED) is 0.102. The van der Waals surface area contributed by atoms with Gasteiger partial charge in [-0.05, 0) is 104 Å². The van der Waals surface area contributed by atoms with Crippen LogP contribution in [0.1, 0.15) is 119 Å². The van der Waals surface area contributed by atoms with E-state index in [1.165, 1.54) is 45.9 Å². The topological polar surface area (TPSA) is 87.8 Å². The zero-order valence-electron chi connectivity index (χ0n) is 55.3. The number of benzene rings is 12. The van der Waals surface area contributed by atoms with Crippen LogP contribution < -0.4 is 18.9 Å². The van der Waals surface area contributed by atoms with Crippen molar-refractivity contribution in [2.24, 2.45) is 0 Å². The minimum atomic E-state index is -0.906. The third-order valence-electron chi connectivity index (χ3n) is 18.9. The van der Waals surface area contributed by atoms with Gasteiger partial charge in [0.2, 0.25) is 0 Å². The van der Waals surface area contributed by atoms with Gasteiger partial charge < -0.3 is 28.8 Å². The lowest BCUT2D eigenvalue weighted by Crippen LogP contribution is -2.34. The summed E-state index contributed by atoms with van der Waals surface area (Å²) in [5.41, 5.74) is 15.3. The molecular weight excluding hydrogens is 1180 g/mol. The molecule has 12 aromatic carbocycles. The minimum absolute atomic E-state index is 0.0256. The lowest BCUT2D eigenvalue weighted by molar-refractivity contribution is 0.0594. The number of rotatable bonds is 11. The molecule has 96 heavy (non-hydrogen) atoms. The summed E-state index contributed by atoms with van der Waals surface area (Å²) in [6, 6.07) is 81.2. The molecule has 3 aliphatic heterocycles. The zero-order chi connectivity index (χ0) is 66.7. The molecule has 3 atom stereocenters. The fraction of sp³-hybridized carbons (Fsp3) is 0.159. The Morgan fingerprint density at radius 3 is 1.34 bits per heavy atom. The highest BCUT2D eigenvalue weighted by molar-refractivity contribution is 6.09. The van der Waals surface area contributed by atoms with Gasteiger partial charge in [-0.15, -0.1) is 0 Å². The number of hydrogen-bond acceptors (Lipinski definition) is 7. The van der Waals surface area contributed by atoms with E-state index in [0.29, 0.717) is 28.4 Å². The molecule has 0 amide bonds. The molecule has 0 saturated carbocycles. The second-order valence-corrected chi connectivity index (χ2v) is 25.2. The summed E-state index contributed by atoms with van der Waals surface area (Å²) in [6.07, 6.45) is 12.6. The van der Waals surface area contributed by atoms with Crippen LogP contribution in [0.2, 0.25) is 0 Å². The van der Waals surface area contributed by atoms with Crippen molar-refractivity contribution >= 4 is 56.5 Å². The van der Waals surface area contributed by atoms with Gasteiger partial charge in [0.05, 0.1) is 13.7 Å². The Labute approximate surface area is 562 Å². The summed E-state index contributed by atoms with van der Waals surface area (Å²) in [5.74, 6) is 2.55. The molecule has 474 valence electrons. The number of aliphatic hydroxyl groups excluding tert-OH is 1. The number of fused-ring (bicyclic) bond motifs is 9. The molecule has 0 saturated heterocycles. The highest BCUT2D eigenvalue weighted by Gasteiger charge is 2.42. The van der Waals surface area contributed by atoms with Gasteiger partial charge in [0.15, 0.2) is 22.6 Å². The van der Waals surface area contributed by atoms with Gasteiger partial charge in [-0.1, -0.05) is 273 Å². The fourth-order valence-corrected chi connectivity index (χ4v) is 13.6. The number of ether oxygens (including phenoxy) is 5. The van der Waals surface area contributed by atoms with E-state index >= 15 is 0 Å². The molecule has 15 rings (SSSR count). The summed E-state index contributed by atoms with van der Waals surface area (Å²) in [4.78, 5) is 16.3. The first-order valence-corrected chi connectivity index (χ1v) is 32.6. The third-order valence-corrected chi connectivity index (χ3v) is 18.9. The molecule has 12 aromatic rings. The molecule has 0 fully saturated rings. The van der Waals surface area contributed by atoms with Crippen molar-refractivity contribution in [3.05, 3.63) is 361 Å². The highest BCUT2D eigenvalue weighted by Crippen LogP contribution is 2.52. The molecule has 3 unspecified atom stereocenters. The first kappa shape index (κ1) is 63.5. The van der Waals surface area contributed by atoms with Crippen LogP contribution in [-0.4, -0.2) is 24.9 Å². The molecule has 3 heterocycles. The van der Waals surface area contributed by atoms with Crippen molar-refractivity contribution in [2.45, 2.75) is 77.8 Å². The molecule has 0 spiro atoms. The predicted octanol–water partition coefficient (Wildman–Crippen LogP) is 20.8. The minimum Gasteiger partial charge on any atom is -0.472 e. The summed E-state index contributed by atoms with van der Waals surface area (Å²) < 4.78 is 31.9. The molecule has 3 aliphatic rings. The van der Waals surface area contributed by atoms with Crippen molar-refractivity contribution in [3.8, 4) is 23.0 Å². The van der Waals surface area contributed by atoms with Crippen LogP contribution in [0.25, 0.3) is 55.4 Å². The van der Waals surface area contributed by atoms with E-state index < -0.39 is 22.8 Å². The van der Waals surface area contributed by atoms with Gasteiger partial charge in [0.25, 0.3) is 0 Å². The summed E-state index contributed by atoms with van der Waals surface area (Å²) in [7, 11) is 1.33. The average molecular weight is 1260 g/mol. The third kappa shape index (κ3) is 11.6. The molecular formula is C88H75NO7. The maximum Gasteiger partial charge on any atom is 0.357 e. The fourth-order valence-electron chi connectivity index (χ4n) is 13.6. The number of esters is 1. The number of aliphatic hydroxyl groups is 1. The second kappa shape index (κ2) is 26.6. The molecule has 8 heteroatoms. The van der Waals surface area contributed by atoms with Gasteiger partial charge in [0.1, 0.15) is 22.8 Å². The standard InChI is InChI=1S/C30H23NO4.C29H26O2.C29H26O/c1-20-13-15-22(16-14-20)30(21-9-5-4-6-10-21)18-17-25-26(29(32)33-3)28(34-19-31-2)24-12-8-7-11-23(24)27(25)35-30;1-19-9-12-24(13-10-19)29(23-7-5-4-6-8-23)16-15-25-22(18-30)17-27-21(3)20(2)11-14-26(27)28(25)31-29;1-20(2)27-19-22-9-7-8-12-25(22)28-26(27)17-18-29(30-28,23-10-5-4-6-11-23)24-15-13-21(3)14-16-24/h4-18H,19H2,1,3H3;4-17,30H,18H2,1-3H3;4-20H,1-3H3. The second-order valence-electron chi connectivity index (χ2n) is 25.2. The van der Waals surface area contributed by atoms with E-state index in [9.17, 15) is 9.90 Å². The molecule has 0 aliphatic carbocycles. The first-order chi connectivity index (χ1) is 46.7. The maximum atomic E-state index is 13.0. The highest BCUT2D eigenvalue weighted by atomic mass is 16.5. The van der Waals surface area contributed by atoms with Crippen LogP contribution in [0.4, 0.5) is 0 Å². The normalized spacial score (nSPS) is 17.1. The van der Waals surface area contributed by atoms with Gasteiger partial charge in [-0.3, -0.25) is 4.85 Å². The van der Waals surface area contributed by atoms with E-state index in [1.807, 2.05) is 91.9 Å². The molecule has 1 N–H and O–H groups in total. The van der Waals surface area contributed by atoms with Crippen LogP contribution in [-0.2, 0) is 28.1 Å². The maximum absolute atomic E-state index is 13.0. The first-order valence-electron chi connectivity index (χ1n) is 32.6. The average Bonchev–Trinajstić information content (AvgIpc) is 0.738. The van der Waals surface area contributed by atoms with E-state index in [1.54, 1.807) is 0 Å². The van der Waals surface area contributed by atoms with Gasteiger partial charge >= 0.3 is 12.7 Å². The van der Waals surface area contributed by atoms with Crippen LogP contribution >= 0.6 is 0 Å². The van der Waals surface area contributed by atoms with Crippen molar-refractivity contribution in [3.63, 3.8) is 0 Å². The Hall–Kier alpha value is -11.2. The van der Waals surface area contributed by atoms with Crippen molar-refractivity contribution in [1.29, 1.82) is 0 Å². The number of carbonyl (C=O) groups is 1. The Balaban J connectivity index is 0.000000131. The molecule has 0 radical (unpaired) electrons. The monoisotopic (exact) mass is 1260 g/mol. The predicted molar refractivity (Wildman–Crippen MR) is 389 cm³/mol. The Kier molecular flexibility index (Phi) is 17.6. The van der Waals surface area contributed by atoms with Crippen LogP contribution in [0, 0.1) is 41.2 Å². The van der Waals surface area contributed by atoms with E-state index in [4.69, 9.17) is 30.3 Å². The molecule has 0 aromatic heterocycles.